The van der Waals surface area contributed by atoms with Gasteiger partial charge in [0.25, 0.3) is 0 Å². The largest absolute Gasteiger partial charge is 0.444 e. The van der Waals surface area contributed by atoms with Gasteiger partial charge in [0.05, 0.1) is 17.0 Å². The zero-order valence-electron chi connectivity index (χ0n) is 14.6. The maximum atomic E-state index is 12.0. The Hall–Kier alpha value is -0.950. The van der Waals surface area contributed by atoms with Crippen molar-refractivity contribution in [2.75, 3.05) is 25.4 Å². The van der Waals surface area contributed by atoms with E-state index in [2.05, 4.69) is 0 Å². The Bertz CT molecular complexity index is 383. The van der Waals surface area contributed by atoms with E-state index in [-0.39, 0.29) is 14.0 Å². The van der Waals surface area contributed by atoms with Crippen LogP contribution in [0.1, 0.15) is 55.4 Å². The van der Waals surface area contributed by atoms with E-state index in [9.17, 15) is 13.8 Å². The molecule has 6 nitrogen and oxygen atoms in total. The van der Waals surface area contributed by atoms with Gasteiger partial charge in [0.15, 0.2) is 0 Å². The lowest BCUT2D eigenvalue weighted by atomic mass is 10.2. The van der Waals surface area contributed by atoms with Crippen molar-refractivity contribution in [2.45, 2.75) is 67.0 Å². The van der Waals surface area contributed by atoms with Crippen LogP contribution in [0.3, 0.4) is 0 Å². The molecule has 1 rings (SSSR count). The number of amides is 1. The van der Waals surface area contributed by atoms with Crippen molar-refractivity contribution in [3.05, 3.63) is 0 Å². The van der Waals surface area contributed by atoms with Gasteiger partial charge in [-0.05, 0) is 27.2 Å². The lowest BCUT2D eigenvalue weighted by molar-refractivity contribution is -0.112. The molecule has 7 heteroatoms. The van der Waals surface area contributed by atoms with Crippen LogP contribution in [0, 0.1) is 0 Å². The van der Waals surface area contributed by atoms with Crippen LogP contribution in [0.25, 0.3) is 0 Å². The molecule has 0 spiro atoms. The van der Waals surface area contributed by atoms with Gasteiger partial charge in [0.1, 0.15) is 11.9 Å². The minimum Gasteiger partial charge on any atom is -0.444 e. The Kier molecular flexibility index (Phi) is 12.2. The van der Waals surface area contributed by atoms with Gasteiger partial charge < -0.3 is 14.4 Å². The lowest BCUT2D eigenvalue weighted by Gasteiger charge is -2.38. The standard InChI is InChI=1S/C13H24N2O4S.C2H6.CH4/c1-5-8-20(18)15-7-6-14(9-11(15)10-16)12(17)19-13(2,3)4;1-2;/h10-11H,5-9H2,1-4H3;1-2H3;1H4/t11-,20?;;/m1../s1. The maximum Gasteiger partial charge on any atom is 0.410 e. The van der Waals surface area contributed by atoms with E-state index in [1.54, 1.807) is 25.1 Å². The molecule has 2 atom stereocenters. The van der Waals surface area contributed by atoms with E-state index < -0.39 is 28.7 Å². The number of nitrogens with zero attached hydrogens (tertiary/aromatic N) is 2. The summed E-state index contributed by atoms with van der Waals surface area (Å²) >= 11 is 0. The number of carbonyl (C=O) groups is 2. The van der Waals surface area contributed by atoms with Crippen LogP contribution >= 0.6 is 0 Å². The number of ether oxygens (including phenoxy) is 1. The minimum absolute atomic E-state index is 0. The summed E-state index contributed by atoms with van der Waals surface area (Å²) in [6, 6.07) is -0.524. The van der Waals surface area contributed by atoms with Crippen molar-refractivity contribution in [3.8, 4) is 0 Å². The Morgan fingerprint density at radius 1 is 1.30 bits per heavy atom. The van der Waals surface area contributed by atoms with Crippen molar-refractivity contribution in [1.29, 1.82) is 0 Å². The second-order valence-electron chi connectivity index (χ2n) is 5.80. The molecule has 0 saturated carbocycles. The second-order valence-corrected chi connectivity index (χ2v) is 7.32. The molecule has 138 valence electrons. The molecule has 0 aliphatic carbocycles. The number of aldehydes is 1. The fraction of sp³-hybridized carbons (Fsp3) is 0.875. The quantitative estimate of drug-likeness (QED) is 0.731. The second kappa shape index (κ2) is 11.6. The Balaban J connectivity index is 0. The Labute approximate surface area is 144 Å². The van der Waals surface area contributed by atoms with Crippen LogP contribution < -0.4 is 0 Å². The summed E-state index contributed by atoms with van der Waals surface area (Å²) in [5.41, 5.74) is -0.560. The van der Waals surface area contributed by atoms with Gasteiger partial charge in [-0.1, -0.05) is 28.2 Å². The van der Waals surface area contributed by atoms with E-state index in [1.165, 1.54) is 4.90 Å². The van der Waals surface area contributed by atoms with Crippen LogP contribution in [-0.2, 0) is 20.5 Å². The third-order valence-corrected chi connectivity index (χ3v) is 4.55. The van der Waals surface area contributed by atoms with Gasteiger partial charge >= 0.3 is 6.09 Å². The molecule has 0 aromatic heterocycles. The van der Waals surface area contributed by atoms with Crippen LogP contribution in [0.5, 0.6) is 0 Å². The third kappa shape index (κ3) is 8.46. The molecule has 1 saturated heterocycles. The van der Waals surface area contributed by atoms with Gasteiger partial charge in [0.2, 0.25) is 0 Å². The molecular weight excluding hydrogens is 316 g/mol. The summed E-state index contributed by atoms with van der Waals surface area (Å²) in [7, 11) is -1.16. The molecule has 0 radical (unpaired) electrons. The highest BCUT2D eigenvalue weighted by atomic mass is 32.2. The predicted molar refractivity (Wildman–Crippen MR) is 95.7 cm³/mol. The van der Waals surface area contributed by atoms with Gasteiger partial charge in [-0.25, -0.2) is 13.3 Å². The van der Waals surface area contributed by atoms with Crippen molar-refractivity contribution in [3.63, 3.8) is 0 Å². The zero-order chi connectivity index (χ0) is 17.3. The smallest absolute Gasteiger partial charge is 0.410 e. The lowest BCUT2D eigenvalue weighted by Crippen LogP contribution is -2.56. The van der Waals surface area contributed by atoms with Crippen LogP contribution in [-0.4, -0.2) is 62.8 Å². The monoisotopic (exact) mass is 350 g/mol. The molecule has 1 unspecified atom stereocenters. The van der Waals surface area contributed by atoms with Gasteiger partial charge in [-0.15, -0.1) is 0 Å². The molecule has 0 aromatic carbocycles. The van der Waals surface area contributed by atoms with Crippen LogP contribution in [0.2, 0.25) is 0 Å². The molecule has 1 amide bonds. The zero-order valence-corrected chi connectivity index (χ0v) is 15.4. The highest BCUT2D eigenvalue weighted by Crippen LogP contribution is 2.15. The summed E-state index contributed by atoms with van der Waals surface area (Å²) in [5, 5.41) is 0. The Morgan fingerprint density at radius 2 is 1.87 bits per heavy atom. The van der Waals surface area contributed by atoms with Crippen molar-refractivity contribution < 1.29 is 18.5 Å². The Morgan fingerprint density at radius 3 is 2.30 bits per heavy atom. The first-order chi connectivity index (χ1) is 10.3. The van der Waals surface area contributed by atoms with E-state index >= 15 is 0 Å². The molecule has 0 bridgehead atoms. The third-order valence-electron chi connectivity index (χ3n) is 2.82. The fourth-order valence-electron chi connectivity index (χ4n) is 1.94. The maximum absolute atomic E-state index is 12.0. The summed E-state index contributed by atoms with van der Waals surface area (Å²) in [6.45, 7) is 12.4. The van der Waals surface area contributed by atoms with Gasteiger partial charge in [-0.3, -0.25) is 0 Å². The normalized spacial score (nSPS) is 19.7. The summed E-state index contributed by atoms with van der Waals surface area (Å²) in [6.07, 6.45) is 1.12. The molecule has 1 heterocycles. The average Bonchev–Trinajstić information content (AvgIpc) is 2.47. The van der Waals surface area contributed by atoms with Gasteiger partial charge in [-0.2, -0.15) is 0 Å². The predicted octanol–water partition coefficient (Wildman–Crippen LogP) is 2.84. The SMILES string of the molecule is C.CC.CCCS(=O)N1CCN(C(=O)OC(C)(C)C)C[C@@H]1C=O. The van der Waals surface area contributed by atoms with Crippen LogP contribution in [0.15, 0.2) is 0 Å². The minimum atomic E-state index is -1.16. The average molecular weight is 351 g/mol. The first kappa shape index (κ1) is 24.3. The highest BCUT2D eigenvalue weighted by molar-refractivity contribution is 7.82. The number of piperazine rings is 1. The van der Waals surface area contributed by atoms with E-state index in [0.717, 1.165) is 12.7 Å². The number of hydrogen-bond acceptors (Lipinski definition) is 4. The van der Waals surface area contributed by atoms with E-state index in [4.69, 9.17) is 4.74 Å². The summed E-state index contributed by atoms with van der Waals surface area (Å²) in [5.74, 6) is 0.538. The number of rotatable bonds is 4. The molecule has 1 aliphatic rings. The molecule has 23 heavy (non-hydrogen) atoms. The molecular formula is C16H34N2O4S. The molecule has 0 N–H and O–H groups in total. The van der Waals surface area contributed by atoms with Crippen molar-refractivity contribution in [2.24, 2.45) is 0 Å². The molecule has 1 fully saturated rings. The van der Waals surface area contributed by atoms with E-state index in [0.29, 0.717) is 18.8 Å². The fourth-order valence-corrected chi connectivity index (χ4v) is 3.23. The summed E-state index contributed by atoms with van der Waals surface area (Å²) < 4.78 is 19.0. The molecule has 1 aliphatic heterocycles. The number of carbonyl (C=O) groups excluding carboxylic acids is 2. The molecule has 0 aromatic rings. The van der Waals surface area contributed by atoms with Crippen LogP contribution in [0.4, 0.5) is 4.79 Å². The van der Waals surface area contributed by atoms with Crippen molar-refractivity contribution in [1.82, 2.24) is 9.21 Å². The highest BCUT2D eigenvalue weighted by Gasteiger charge is 2.34. The topological polar surface area (TPSA) is 66.9 Å². The number of hydrogen-bond donors (Lipinski definition) is 0. The summed E-state index contributed by atoms with van der Waals surface area (Å²) in [4.78, 5) is 24.7. The first-order valence-electron chi connectivity index (χ1n) is 7.87. The van der Waals surface area contributed by atoms with E-state index in [1.807, 2.05) is 20.8 Å². The first-order valence-corrected chi connectivity index (χ1v) is 9.14. The van der Waals surface area contributed by atoms with Crippen molar-refractivity contribution >= 4 is 23.4 Å². The van der Waals surface area contributed by atoms with Gasteiger partial charge in [0, 0.05) is 25.4 Å².